The third-order valence-electron chi connectivity index (χ3n) is 7.25. The van der Waals surface area contributed by atoms with Gasteiger partial charge in [0, 0.05) is 36.6 Å². The van der Waals surface area contributed by atoms with Gasteiger partial charge in [0.25, 0.3) is 0 Å². The molecule has 0 unspecified atom stereocenters. The molecule has 0 amide bonds. The van der Waals surface area contributed by atoms with Gasteiger partial charge in [0.05, 0.1) is 29.5 Å². The van der Waals surface area contributed by atoms with E-state index in [0.717, 1.165) is 66.3 Å². The van der Waals surface area contributed by atoms with Crippen LogP contribution >= 0.6 is 12.4 Å². The van der Waals surface area contributed by atoms with Gasteiger partial charge in [-0.2, -0.15) is 15.3 Å². The van der Waals surface area contributed by atoms with Crippen molar-refractivity contribution < 1.29 is 0 Å². The average Bonchev–Trinajstić information content (AvgIpc) is 3.38. The van der Waals surface area contributed by atoms with Gasteiger partial charge in [0.1, 0.15) is 5.52 Å². The van der Waals surface area contributed by atoms with Gasteiger partial charge < -0.3 is 10.6 Å². The van der Waals surface area contributed by atoms with Crippen LogP contribution in [0.25, 0.3) is 16.8 Å². The standard InChI is InChI=1S/C24H26N8.ClH/c1-15-12-17(14-27-30-15)21-16(2)29-23(20-5-9-28-32(20)21)31-10-6-24(7-11-31)13-19-18(22(24)25)4-3-8-26-19;/h3-5,8-9,12,14,22H,6-7,10-11,13,25H2,1-2H3;1H/t22-;/m1./s1. The van der Waals surface area contributed by atoms with Crippen molar-refractivity contribution in [3.05, 3.63) is 65.5 Å². The first-order chi connectivity index (χ1) is 15.6. The van der Waals surface area contributed by atoms with Gasteiger partial charge in [0.2, 0.25) is 0 Å². The first-order valence-corrected chi connectivity index (χ1v) is 11.1. The fraction of sp³-hybridized carbons (Fsp3) is 0.375. The third-order valence-corrected chi connectivity index (χ3v) is 7.25. The normalized spacial score (nSPS) is 19.0. The van der Waals surface area contributed by atoms with E-state index < -0.39 is 0 Å². The first kappa shape index (κ1) is 21.7. The summed E-state index contributed by atoms with van der Waals surface area (Å²) in [5.74, 6) is 0.986. The molecule has 0 bridgehead atoms. The summed E-state index contributed by atoms with van der Waals surface area (Å²) in [7, 11) is 0. The van der Waals surface area contributed by atoms with Crippen molar-refractivity contribution in [2.24, 2.45) is 11.1 Å². The molecule has 8 nitrogen and oxygen atoms in total. The summed E-state index contributed by atoms with van der Waals surface area (Å²) in [6.45, 7) is 5.82. The van der Waals surface area contributed by atoms with E-state index in [1.807, 2.05) is 49.0 Å². The Bertz CT molecular complexity index is 1330. The molecule has 0 saturated carbocycles. The number of rotatable bonds is 2. The lowest BCUT2D eigenvalue weighted by Gasteiger charge is -2.42. The number of fused-ring (bicyclic) bond motifs is 2. The molecule has 1 spiro atoms. The average molecular weight is 463 g/mol. The minimum Gasteiger partial charge on any atom is -0.355 e. The van der Waals surface area contributed by atoms with Crippen LogP contribution in [0.2, 0.25) is 0 Å². The SMILES string of the molecule is Cc1cc(-c2c(C)nc(N3CCC4(CC3)Cc3ncccc3[C@H]4N)c3ccnn23)cnn1.Cl. The van der Waals surface area contributed by atoms with Crippen LogP contribution in [0.15, 0.2) is 42.9 Å². The summed E-state index contributed by atoms with van der Waals surface area (Å²) in [4.78, 5) is 12.0. The lowest BCUT2D eigenvalue weighted by molar-refractivity contribution is 0.187. The molecule has 5 heterocycles. The Morgan fingerprint density at radius 1 is 1.12 bits per heavy atom. The molecule has 1 atom stereocenters. The van der Waals surface area contributed by atoms with E-state index in [2.05, 4.69) is 31.2 Å². The summed E-state index contributed by atoms with van der Waals surface area (Å²) < 4.78 is 1.99. The Kier molecular flexibility index (Phi) is 5.29. The van der Waals surface area contributed by atoms with Crippen LogP contribution in [-0.4, -0.2) is 42.9 Å². The number of aromatic nitrogens is 6. The van der Waals surface area contributed by atoms with Gasteiger partial charge in [-0.15, -0.1) is 12.4 Å². The van der Waals surface area contributed by atoms with Crippen molar-refractivity contribution in [2.75, 3.05) is 18.0 Å². The minimum atomic E-state index is 0. The highest BCUT2D eigenvalue weighted by atomic mass is 35.5. The number of pyridine rings is 1. The number of hydrogen-bond donors (Lipinski definition) is 1. The maximum absolute atomic E-state index is 6.74. The molecule has 1 aliphatic carbocycles. The molecule has 4 aromatic rings. The Morgan fingerprint density at radius 3 is 2.70 bits per heavy atom. The van der Waals surface area contributed by atoms with Gasteiger partial charge in [-0.1, -0.05) is 6.07 Å². The largest absolute Gasteiger partial charge is 0.355 e. The molecule has 1 saturated heterocycles. The zero-order valence-corrected chi connectivity index (χ0v) is 19.6. The van der Waals surface area contributed by atoms with Gasteiger partial charge in [-0.05, 0) is 62.3 Å². The van der Waals surface area contributed by atoms with Crippen LogP contribution in [0.1, 0.15) is 41.5 Å². The number of hydrogen-bond acceptors (Lipinski definition) is 7. The van der Waals surface area contributed by atoms with Crippen molar-refractivity contribution in [1.29, 1.82) is 0 Å². The lowest BCUT2D eigenvalue weighted by atomic mass is 9.73. The van der Waals surface area contributed by atoms with E-state index in [4.69, 9.17) is 10.7 Å². The predicted octanol–water partition coefficient (Wildman–Crippen LogP) is 3.46. The maximum Gasteiger partial charge on any atom is 0.155 e. The number of halogens is 1. The quantitative estimate of drug-likeness (QED) is 0.487. The number of nitrogens with two attached hydrogens (primary N) is 1. The molecule has 4 aromatic heterocycles. The fourth-order valence-corrected chi connectivity index (χ4v) is 5.55. The van der Waals surface area contributed by atoms with Crippen LogP contribution in [-0.2, 0) is 6.42 Å². The molecule has 0 radical (unpaired) electrons. The monoisotopic (exact) mass is 462 g/mol. The highest BCUT2D eigenvalue weighted by Gasteiger charge is 2.46. The van der Waals surface area contributed by atoms with Crippen LogP contribution in [0.4, 0.5) is 5.82 Å². The van der Waals surface area contributed by atoms with Gasteiger partial charge in [0.15, 0.2) is 5.82 Å². The van der Waals surface area contributed by atoms with Gasteiger partial charge in [-0.25, -0.2) is 9.50 Å². The highest BCUT2D eigenvalue weighted by Crippen LogP contribution is 2.50. The third kappa shape index (κ3) is 3.36. The van der Waals surface area contributed by atoms with Crippen molar-refractivity contribution in [3.8, 4) is 11.3 Å². The molecule has 9 heteroatoms. The summed E-state index contributed by atoms with van der Waals surface area (Å²) >= 11 is 0. The second kappa shape index (κ2) is 8.04. The maximum atomic E-state index is 6.74. The minimum absolute atomic E-state index is 0. The summed E-state index contributed by atoms with van der Waals surface area (Å²) in [6, 6.07) is 8.26. The number of piperidine rings is 1. The molecule has 170 valence electrons. The molecule has 33 heavy (non-hydrogen) atoms. The molecule has 2 N–H and O–H groups in total. The zero-order valence-electron chi connectivity index (χ0n) is 18.8. The Morgan fingerprint density at radius 2 is 1.94 bits per heavy atom. The smallest absolute Gasteiger partial charge is 0.155 e. The Hall–Kier alpha value is -3.10. The van der Waals surface area contributed by atoms with E-state index >= 15 is 0 Å². The molecular formula is C24H27ClN8. The summed E-state index contributed by atoms with van der Waals surface area (Å²) in [5.41, 5.74) is 14.0. The molecule has 2 aliphatic rings. The lowest BCUT2D eigenvalue weighted by Crippen LogP contribution is -2.44. The van der Waals surface area contributed by atoms with Gasteiger partial charge in [-0.3, -0.25) is 4.98 Å². The van der Waals surface area contributed by atoms with Crippen molar-refractivity contribution in [1.82, 2.24) is 29.8 Å². The molecular weight excluding hydrogens is 436 g/mol. The van der Waals surface area contributed by atoms with Crippen LogP contribution in [0, 0.1) is 19.3 Å². The molecule has 0 aromatic carbocycles. The van der Waals surface area contributed by atoms with Crippen molar-refractivity contribution in [2.45, 2.75) is 39.2 Å². The van der Waals surface area contributed by atoms with Crippen LogP contribution < -0.4 is 10.6 Å². The molecule has 1 fully saturated rings. The number of aryl methyl sites for hydroxylation is 2. The van der Waals surface area contributed by atoms with Crippen LogP contribution in [0.3, 0.4) is 0 Å². The number of nitrogens with zero attached hydrogens (tertiary/aromatic N) is 7. The van der Waals surface area contributed by atoms with E-state index in [1.54, 1.807) is 6.20 Å². The topological polar surface area (TPSA) is 98.1 Å². The van der Waals surface area contributed by atoms with Crippen LogP contribution in [0.5, 0.6) is 0 Å². The van der Waals surface area contributed by atoms with E-state index in [-0.39, 0.29) is 23.9 Å². The fourth-order valence-electron chi connectivity index (χ4n) is 5.55. The summed E-state index contributed by atoms with van der Waals surface area (Å²) in [5, 5.41) is 12.8. The van der Waals surface area contributed by atoms with E-state index in [0.29, 0.717) is 0 Å². The van der Waals surface area contributed by atoms with Crippen molar-refractivity contribution in [3.63, 3.8) is 0 Å². The number of anilines is 1. The zero-order chi connectivity index (χ0) is 21.9. The first-order valence-electron chi connectivity index (χ1n) is 11.1. The second-order valence-electron chi connectivity index (χ2n) is 9.13. The Balaban J connectivity index is 0.00000228. The molecule has 6 rings (SSSR count). The highest BCUT2D eigenvalue weighted by molar-refractivity contribution is 5.85. The Labute approximate surface area is 198 Å². The molecule has 1 aliphatic heterocycles. The van der Waals surface area contributed by atoms with E-state index in [9.17, 15) is 0 Å². The second-order valence-corrected chi connectivity index (χ2v) is 9.13. The summed E-state index contributed by atoms with van der Waals surface area (Å²) in [6.07, 6.45) is 8.52. The van der Waals surface area contributed by atoms with Crippen molar-refractivity contribution >= 4 is 23.7 Å². The predicted molar refractivity (Wildman–Crippen MR) is 129 cm³/mol. The van der Waals surface area contributed by atoms with Gasteiger partial charge >= 0.3 is 0 Å². The van der Waals surface area contributed by atoms with E-state index in [1.165, 1.54) is 11.3 Å².